The quantitative estimate of drug-likeness (QED) is 0.444. The highest BCUT2D eigenvalue weighted by Gasteiger charge is 2.03. The van der Waals surface area contributed by atoms with Crippen LogP contribution < -0.4 is 20.2 Å². The summed E-state index contributed by atoms with van der Waals surface area (Å²) in [4.78, 5) is 0. The second-order valence-electron chi connectivity index (χ2n) is 4.46. The summed E-state index contributed by atoms with van der Waals surface area (Å²) in [6.07, 6.45) is 1.54. The Morgan fingerprint density at radius 2 is 1.87 bits per heavy atom. The van der Waals surface area contributed by atoms with Crippen LogP contribution in [0.1, 0.15) is 5.56 Å². The van der Waals surface area contributed by atoms with Gasteiger partial charge in [0.05, 0.1) is 26.1 Å². The van der Waals surface area contributed by atoms with Gasteiger partial charge in [-0.3, -0.25) is 5.43 Å². The molecule has 0 aromatic heterocycles. The maximum absolute atomic E-state index is 9.69. The third kappa shape index (κ3) is 4.58. The second kappa shape index (κ2) is 8.00. The van der Waals surface area contributed by atoms with Gasteiger partial charge in [-0.2, -0.15) is 5.10 Å². The fourth-order valence-corrected chi connectivity index (χ4v) is 2.01. The molecule has 7 heteroatoms. The molecule has 2 aromatic rings. The molecule has 0 fully saturated rings. The number of thiocarbonyl (C=S) groups is 1. The molecule has 0 saturated carbocycles. The predicted molar refractivity (Wildman–Crippen MR) is 94.6 cm³/mol. The van der Waals surface area contributed by atoms with Crippen molar-refractivity contribution in [3.63, 3.8) is 0 Å². The Bertz CT molecular complexity index is 719. The number of hydrogen-bond acceptors (Lipinski definition) is 5. The molecular formula is C16H17N3O3S. The van der Waals surface area contributed by atoms with Crippen molar-refractivity contribution in [1.29, 1.82) is 0 Å². The maximum Gasteiger partial charge on any atom is 0.191 e. The van der Waals surface area contributed by atoms with Crippen molar-refractivity contribution in [3.8, 4) is 17.2 Å². The smallest absolute Gasteiger partial charge is 0.191 e. The first kappa shape index (κ1) is 16.6. The summed E-state index contributed by atoms with van der Waals surface area (Å²) in [6.45, 7) is 0. The number of para-hydroxylation sites is 2. The number of aromatic hydroxyl groups is 1. The van der Waals surface area contributed by atoms with Crippen molar-refractivity contribution < 1.29 is 14.6 Å². The van der Waals surface area contributed by atoms with E-state index in [-0.39, 0.29) is 5.75 Å². The maximum atomic E-state index is 9.69. The van der Waals surface area contributed by atoms with Gasteiger partial charge in [-0.25, -0.2) is 0 Å². The van der Waals surface area contributed by atoms with Gasteiger partial charge >= 0.3 is 0 Å². The molecule has 3 N–H and O–H groups in total. The summed E-state index contributed by atoms with van der Waals surface area (Å²) >= 11 is 5.16. The van der Waals surface area contributed by atoms with E-state index < -0.39 is 0 Å². The Hall–Kier alpha value is -2.80. The first-order chi connectivity index (χ1) is 11.1. The van der Waals surface area contributed by atoms with Crippen LogP contribution in [0.25, 0.3) is 0 Å². The van der Waals surface area contributed by atoms with Gasteiger partial charge in [0.25, 0.3) is 0 Å². The summed E-state index contributed by atoms with van der Waals surface area (Å²) in [7, 11) is 3.08. The molecular weight excluding hydrogens is 314 g/mol. The number of phenols is 1. The molecule has 0 bridgehead atoms. The minimum absolute atomic E-state index is 0.0474. The van der Waals surface area contributed by atoms with Crippen molar-refractivity contribution in [2.75, 3.05) is 19.5 Å². The lowest BCUT2D eigenvalue weighted by atomic mass is 10.2. The number of nitrogens with zero attached hydrogens (tertiary/aromatic N) is 1. The van der Waals surface area contributed by atoms with Crippen LogP contribution in [0.2, 0.25) is 0 Å². The molecule has 2 rings (SSSR count). The van der Waals surface area contributed by atoms with Crippen LogP contribution >= 0.6 is 12.2 Å². The SMILES string of the molecule is COc1ccc(/C=N/NC(=S)Nc2ccccc2OC)cc1O. The number of benzene rings is 2. The van der Waals surface area contributed by atoms with E-state index in [1.165, 1.54) is 13.3 Å². The third-order valence-electron chi connectivity index (χ3n) is 2.94. The van der Waals surface area contributed by atoms with E-state index in [2.05, 4.69) is 15.8 Å². The number of methoxy groups -OCH3 is 2. The van der Waals surface area contributed by atoms with Crippen LogP contribution in [0.3, 0.4) is 0 Å². The number of phenolic OH excluding ortho intramolecular Hbond substituents is 1. The summed E-state index contributed by atoms with van der Waals surface area (Å²) < 4.78 is 10.2. The molecule has 120 valence electrons. The van der Waals surface area contributed by atoms with Gasteiger partial charge in [-0.15, -0.1) is 0 Å². The van der Waals surface area contributed by atoms with Crippen LogP contribution in [-0.2, 0) is 0 Å². The number of rotatable bonds is 5. The molecule has 0 saturated heterocycles. The Morgan fingerprint density at radius 1 is 1.13 bits per heavy atom. The van der Waals surface area contributed by atoms with Gasteiger partial charge in [0, 0.05) is 0 Å². The van der Waals surface area contributed by atoms with Gasteiger partial charge in [0.1, 0.15) is 5.75 Å². The number of anilines is 1. The van der Waals surface area contributed by atoms with E-state index in [9.17, 15) is 5.11 Å². The van der Waals surface area contributed by atoms with Crippen LogP contribution in [0, 0.1) is 0 Å². The first-order valence-electron chi connectivity index (χ1n) is 6.74. The van der Waals surface area contributed by atoms with Crippen molar-refractivity contribution in [3.05, 3.63) is 48.0 Å². The van der Waals surface area contributed by atoms with Crippen LogP contribution in [0.4, 0.5) is 5.69 Å². The van der Waals surface area contributed by atoms with Gasteiger partial charge < -0.3 is 19.9 Å². The highest BCUT2D eigenvalue weighted by molar-refractivity contribution is 7.80. The zero-order chi connectivity index (χ0) is 16.7. The normalized spacial score (nSPS) is 10.3. The van der Waals surface area contributed by atoms with Gasteiger partial charge in [0.15, 0.2) is 16.6 Å². The monoisotopic (exact) mass is 331 g/mol. The number of nitrogens with one attached hydrogen (secondary N) is 2. The van der Waals surface area contributed by atoms with E-state index in [1.54, 1.807) is 25.3 Å². The molecule has 0 amide bonds. The van der Waals surface area contributed by atoms with Gasteiger partial charge in [-0.1, -0.05) is 12.1 Å². The Kier molecular flexibility index (Phi) is 5.76. The van der Waals surface area contributed by atoms with Crippen LogP contribution in [-0.4, -0.2) is 30.7 Å². The summed E-state index contributed by atoms with van der Waals surface area (Å²) in [5.41, 5.74) is 4.15. The Morgan fingerprint density at radius 3 is 2.57 bits per heavy atom. The topological polar surface area (TPSA) is 75.1 Å². The fraction of sp³-hybridized carbons (Fsp3) is 0.125. The zero-order valence-electron chi connectivity index (χ0n) is 12.7. The van der Waals surface area contributed by atoms with Gasteiger partial charge in [-0.05, 0) is 48.1 Å². The predicted octanol–water partition coefficient (Wildman–Crippen LogP) is 2.73. The molecule has 0 heterocycles. The summed E-state index contributed by atoms with van der Waals surface area (Å²) in [5.74, 6) is 1.13. The molecule has 0 aliphatic heterocycles. The Labute approximate surface area is 139 Å². The lowest BCUT2D eigenvalue weighted by Gasteiger charge is -2.10. The molecule has 6 nitrogen and oxygen atoms in total. The zero-order valence-corrected chi connectivity index (χ0v) is 13.6. The van der Waals surface area contributed by atoms with E-state index in [1.807, 2.05) is 24.3 Å². The van der Waals surface area contributed by atoms with E-state index in [0.717, 1.165) is 5.69 Å². The van der Waals surface area contributed by atoms with E-state index in [4.69, 9.17) is 21.7 Å². The second-order valence-corrected chi connectivity index (χ2v) is 4.86. The van der Waals surface area contributed by atoms with Gasteiger partial charge in [0.2, 0.25) is 0 Å². The molecule has 0 aliphatic rings. The molecule has 0 unspecified atom stereocenters. The number of ether oxygens (including phenoxy) is 2. The van der Waals surface area contributed by atoms with Crippen LogP contribution in [0.15, 0.2) is 47.6 Å². The summed E-state index contributed by atoms with van der Waals surface area (Å²) in [5, 5.41) is 17.0. The molecule has 23 heavy (non-hydrogen) atoms. The minimum Gasteiger partial charge on any atom is -0.504 e. The molecule has 0 atom stereocenters. The highest BCUT2D eigenvalue weighted by atomic mass is 32.1. The van der Waals surface area contributed by atoms with Crippen molar-refractivity contribution in [1.82, 2.24) is 5.43 Å². The molecule has 0 aliphatic carbocycles. The van der Waals surface area contributed by atoms with Crippen molar-refractivity contribution in [2.24, 2.45) is 5.10 Å². The van der Waals surface area contributed by atoms with E-state index >= 15 is 0 Å². The standard InChI is InChI=1S/C16H17N3O3S/c1-21-14-6-4-3-5-12(14)18-16(23)19-17-10-11-7-8-15(22-2)13(20)9-11/h3-10,20H,1-2H3,(H2,18,19,23)/b17-10+. The lowest BCUT2D eigenvalue weighted by molar-refractivity contribution is 0.373. The molecule has 0 radical (unpaired) electrons. The lowest BCUT2D eigenvalue weighted by Crippen LogP contribution is -2.24. The average molecular weight is 331 g/mol. The summed E-state index contributed by atoms with van der Waals surface area (Å²) in [6, 6.07) is 12.4. The first-order valence-corrected chi connectivity index (χ1v) is 7.15. The number of hydrazone groups is 1. The highest BCUT2D eigenvalue weighted by Crippen LogP contribution is 2.25. The average Bonchev–Trinajstić information content (AvgIpc) is 2.55. The van der Waals surface area contributed by atoms with Crippen molar-refractivity contribution in [2.45, 2.75) is 0 Å². The van der Waals surface area contributed by atoms with E-state index in [0.29, 0.717) is 22.2 Å². The molecule has 2 aromatic carbocycles. The third-order valence-corrected chi connectivity index (χ3v) is 3.13. The minimum atomic E-state index is 0.0474. The Balaban J connectivity index is 1.95. The molecule has 0 spiro atoms. The largest absolute Gasteiger partial charge is 0.504 e. The fourth-order valence-electron chi connectivity index (χ4n) is 1.85. The van der Waals surface area contributed by atoms with Crippen molar-refractivity contribution >= 4 is 29.2 Å². The number of hydrogen-bond donors (Lipinski definition) is 3. The van der Waals surface area contributed by atoms with Crippen LogP contribution in [0.5, 0.6) is 17.2 Å².